The predicted octanol–water partition coefficient (Wildman–Crippen LogP) is 4.28. The average Bonchev–Trinajstić information content (AvgIpc) is 2.35. The van der Waals surface area contributed by atoms with Crippen molar-refractivity contribution in [3.05, 3.63) is 0 Å². The van der Waals surface area contributed by atoms with Crippen LogP contribution in [0.2, 0.25) is 0 Å². The number of unbranched alkanes of at least 4 members (excludes halogenated alkanes) is 4. The number of aliphatic hydroxyl groups excluding tert-OH is 1. The Morgan fingerprint density at radius 3 is 1.33 bits per heavy atom. The summed E-state index contributed by atoms with van der Waals surface area (Å²) in [5.41, 5.74) is 0. The highest BCUT2D eigenvalue weighted by molar-refractivity contribution is 6.18. The second kappa shape index (κ2) is 22.2. The molecule has 0 radical (unpaired) electrons. The molecule has 112 valence electrons. The van der Waals surface area contributed by atoms with Gasteiger partial charge in [0.2, 0.25) is 0 Å². The van der Waals surface area contributed by atoms with Crippen LogP contribution in [0.15, 0.2) is 0 Å². The lowest BCUT2D eigenvalue weighted by Gasteiger charge is -1.89. The van der Waals surface area contributed by atoms with Gasteiger partial charge in [-0.25, -0.2) is 4.79 Å². The van der Waals surface area contributed by atoms with Crippen molar-refractivity contribution in [1.29, 1.82) is 0 Å². The van der Waals surface area contributed by atoms with E-state index in [1.54, 1.807) is 0 Å². The molecular weight excluding hydrogens is 275 g/mol. The van der Waals surface area contributed by atoms with Crippen LogP contribution in [0, 0.1) is 0 Å². The van der Waals surface area contributed by atoms with Crippen LogP contribution in [0.4, 0.5) is 0 Å². The van der Waals surface area contributed by atoms with E-state index in [0.29, 0.717) is 0 Å². The van der Waals surface area contributed by atoms with Gasteiger partial charge in [0.25, 0.3) is 0 Å². The lowest BCUT2D eigenvalue weighted by molar-refractivity contribution is -0.145. The monoisotopic (exact) mass is 302 g/mol. The highest BCUT2D eigenvalue weighted by Gasteiger charge is 2.01. The third-order valence-electron chi connectivity index (χ3n) is 1.83. The molecule has 0 aromatic carbocycles. The van der Waals surface area contributed by atoms with Gasteiger partial charge in [-0.3, -0.25) is 0 Å². The maximum atomic E-state index is 9.45. The van der Waals surface area contributed by atoms with E-state index in [2.05, 4.69) is 13.8 Å². The van der Waals surface area contributed by atoms with E-state index in [-0.39, 0.29) is 0 Å². The summed E-state index contributed by atoms with van der Waals surface area (Å²) in [6.45, 7) is 5.54. The molecule has 0 fully saturated rings. The van der Waals surface area contributed by atoms with Crippen molar-refractivity contribution in [2.24, 2.45) is 0 Å². The van der Waals surface area contributed by atoms with Crippen molar-refractivity contribution in [3.63, 3.8) is 0 Å². The van der Waals surface area contributed by atoms with Gasteiger partial charge < -0.3 is 10.2 Å². The van der Waals surface area contributed by atoms with E-state index in [9.17, 15) is 4.79 Å². The van der Waals surface area contributed by atoms with Crippen molar-refractivity contribution >= 4 is 29.2 Å². The zero-order valence-electron chi connectivity index (χ0n) is 11.8. The summed E-state index contributed by atoms with van der Waals surface area (Å²) in [4.78, 5) is 9.45. The SMILES string of the molecule is CC(O)C(=O)O.CCCCCCl.CCCCCCl. The number of aliphatic carboxylic acids is 1. The van der Waals surface area contributed by atoms with Gasteiger partial charge in [-0.05, 0) is 19.8 Å². The highest BCUT2D eigenvalue weighted by Crippen LogP contribution is 1.94. The van der Waals surface area contributed by atoms with E-state index in [4.69, 9.17) is 33.4 Å². The lowest BCUT2D eigenvalue weighted by atomic mass is 10.3. The summed E-state index contributed by atoms with van der Waals surface area (Å²) in [7, 11) is 0. The van der Waals surface area contributed by atoms with E-state index in [1.165, 1.54) is 45.4 Å². The Balaban J connectivity index is -0.000000187. The third-order valence-corrected chi connectivity index (χ3v) is 2.37. The minimum atomic E-state index is -1.23. The molecule has 0 amide bonds. The summed E-state index contributed by atoms with van der Waals surface area (Å²) in [6, 6.07) is 0. The van der Waals surface area contributed by atoms with Crippen molar-refractivity contribution < 1.29 is 15.0 Å². The van der Waals surface area contributed by atoms with Crippen LogP contribution in [-0.4, -0.2) is 34.0 Å². The van der Waals surface area contributed by atoms with Crippen LogP contribution in [0.25, 0.3) is 0 Å². The zero-order valence-corrected chi connectivity index (χ0v) is 13.3. The second-order valence-corrected chi connectivity index (χ2v) is 4.56. The maximum Gasteiger partial charge on any atom is 0.332 e. The van der Waals surface area contributed by atoms with Gasteiger partial charge in [-0.2, -0.15) is 0 Å². The topological polar surface area (TPSA) is 57.5 Å². The number of hydrogen-bond donors (Lipinski definition) is 2. The Bertz CT molecular complexity index is 137. The fourth-order valence-electron chi connectivity index (χ4n) is 0.689. The minimum absolute atomic E-state index is 0.827. The molecule has 0 saturated carbocycles. The smallest absolute Gasteiger partial charge is 0.332 e. The first kappa shape index (κ1) is 23.1. The summed E-state index contributed by atoms with van der Waals surface area (Å²) in [6.07, 6.45) is 6.23. The molecule has 1 unspecified atom stereocenters. The lowest BCUT2D eigenvalue weighted by Crippen LogP contribution is -2.13. The van der Waals surface area contributed by atoms with Crippen LogP contribution < -0.4 is 0 Å². The summed E-state index contributed by atoms with van der Waals surface area (Å²) < 4.78 is 0. The molecule has 3 nitrogen and oxygen atoms in total. The molecule has 0 aliphatic heterocycles. The van der Waals surface area contributed by atoms with Crippen molar-refractivity contribution in [1.82, 2.24) is 0 Å². The fourth-order valence-corrected chi connectivity index (χ4v) is 1.07. The van der Waals surface area contributed by atoms with E-state index in [1.807, 2.05) is 0 Å². The Labute approximate surface area is 121 Å². The van der Waals surface area contributed by atoms with Gasteiger partial charge in [-0.1, -0.05) is 39.5 Å². The molecule has 5 heteroatoms. The van der Waals surface area contributed by atoms with Gasteiger partial charge in [0.15, 0.2) is 0 Å². The minimum Gasteiger partial charge on any atom is -0.479 e. The molecule has 0 spiro atoms. The zero-order chi connectivity index (χ0) is 14.8. The van der Waals surface area contributed by atoms with Gasteiger partial charge in [0.1, 0.15) is 6.10 Å². The Kier molecular flexibility index (Phi) is 28.5. The molecule has 2 N–H and O–H groups in total. The van der Waals surface area contributed by atoms with Gasteiger partial charge in [-0.15, -0.1) is 23.2 Å². The van der Waals surface area contributed by atoms with Crippen LogP contribution in [0.3, 0.4) is 0 Å². The quantitative estimate of drug-likeness (QED) is 0.545. The van der Waals surface area contributed by atoms with Crippen molar-refractivity contribution in [2.75, 3.05) is 11.8 Å². The van der Waals surface area contributed by atoms with Crippen LogP contribution >= 0.6 is 23.2 Å². The predicted molar refractivity (Wildman–Crippen MR) is 79.8 cm³/mol. The summed E-state index contributed by atoms with van der Waals surface area (Å²) in [5.74, 6) is 0.469. The van der Waals surface area contributed by atoms with Gasteiger partial charge in [0, 0.05) is 11.8 Å². The molecule has 0 bridgehead atoms. The first-order chi connectivity index (χ1) is 8.47. The van der Waals surface area contributed by atoms with Gasteiger partial charge >= 0.3 is 5.97 Å². The molecule has 0 aliphatic rings. The number of carboxylic acid groups (broad SMARTS) is 1. The Morgan fingerprint density at radius 2 is 1.28 bits per heavy atom. The number of halogens is 2. The number of rotatable bonds is 7. The molecular formula is C13H28Cl2O3. The van der Waals surface area contributed by atoms with E-state index >= 15 is 0 Å². The molecule has 0 rings (SSSR count). The molecule has 1 atom stereocenters. The summed E-state index contributed by atoms with van der Waals surface area (Å²) >= 11 is 10.8. The normalized spacial score (nSPS) is 10.6. The number of carbonyl (C=O) groups is 1. The Hall–Kier alpha value is 0.01000. The fraction of sp³-hybridized carbons (Fsp3) is 0.923. The van der Waals surface area contributed by atoms with Crippen LogP contribution in [0.1, 0.15) is 59.3 Å². The Morgan fingerprint density at radius 1 is 1.00 bits per heavy atom. The maximum absolute atomic E-state index is 9.45. The van der Waals surface area contributed by atoms with E-state index < -0.39 is 12.1 Å². The standard InChI is InChI=1S/2C5H11Cl.C3H6O3/c2*1-2-3-4-5-6;1-2(4)3(5)6/h2*2-5H2,1H3;2,4H,1H3,(H,5,6). The third kappa shape index (κ3) is 36.0. The number of alkyl halides is 2. The van der Waals surface area contributed by atoms with Crippen molar-refractivity contribution in [3.8, 4) is 0 Å². The highest BCUT2D eigenvalue weighted by atomic mass is 35.5. The number of carboxylic acids is 1. The average molecular weight is 303 g/mol. The molecule has 0 aliphatic carbocycles. The molecule has 0 saturated heterocycles. The molecule has 0 heterocycles. The van der Waals surface area contributed by atoms with Crippen LogP contribution in [-0.2, 0) is 4.79 Å². The summed E-state index contributed by atoms with van der Waals surface area (Å²) in [5, 5.41) is 15.8. The van der Waals surface area contributed by atoms with E-state index in [0.717, 1.165) is 11.8 Å². The van der Waals surface area contributed by atoms with Crippen molar-refractivity contribution in [2.45, 2.75) is 65.4 Å². The number of hydrogen-bond acceptors (Lipinski definition) is 2. The first-order valence-electron chi connectivity index (χ1n) is 6.50. The molecule has 18 heavy (non-hydrogen) atoms. The number of aliphatic hydroxyl groups is 1. The van der Waals surface area contributed by atoms with Gasteiger partial charge in [0.05, 0.1) is 0 Å². The molecule has 0 aromatic heterocycles. The molecule has 0 aromatic rings. The largest absolute Gasteiger partial charge is 0.479 e. The first-order valence-corrected chi connectivity index (χ1v) is 7.57. The second-order valence-electron chi connectivity index (χ2n) is 3.81. The van der Waals surface area contributed by atoms with Crippen LogP contribution in [0.5, 0.6) is 0 Å².